The van der Waals surface area contributed by atoms with Gasteiger partial charge in [-0.15, -0.1) is 0 Å². The molecule has 1 amide bonds. The molecule has 0 radical (unpaired) electrons. The van der Waals surface area contributed by atoms with Crippen LogP contribution in [-0.2, 0) is 41.9 Å². The maximum atomic E-state index is 11.7. The summed E-state index contributed by atoms with van der Waals surface area (Å²) in [6.45, 7) is 3.68. The van der Waals surface area contributed by atoms with Crippen LogP contribution in [0.15, 0.2) is 12.3 Å². The van der Waals surface area contributed by atoms with Crippen molar-refractivity contribution in [1.29, 1.82) is 0 Å². The zero-order valence-corrected chi connectivity index (χ0v) is 18.1. The Labute approximate surface area is 161 Å². The average Bonchev–Trinajstić information content (AvgIpc) is 2.60. The van der Waals surface area contributed by atoms with E-state index in [9.17, 15) is 18.0 Å². The SMILES string of the molecule is C=C(OS(C)(=O)=O)C(=O)OCCCCC(=O)NCCC[Si](OC)(OC)OC. The van der Waals surface area contributed by atoms with Crippen LogP contribution in [-0.4, -0.2) is 69.8 Å². The van der Waals surface area contributed by atoms with Gasteiger partial charge in [-0.3, -0.25) is 4.79 Å². The Kier molecular flexibility index (Phi) is 12.1. The number of esters is 1. The molecule has 0 aliphatic carbocycles. The number of nitrogens with one attached hydrogen (secondary N) is 1. The molecule has 0 saturated heterocycles. The monoisotopic (exact) mass is 427 g/mol. The molecule has 0 rings (SSSR count). The van der Waals surface area contributed by atoms with Crippen LogP contribution in [0.1, 0.15) is 25.7 Å². The molecule has 0 aromatic heterocycles. The molecule has 0 unspecified atom stereocenters. The highest BCUT2D eigenvalue weighted by atomic mass is 32.2. The van der Waals surface area contributed by atoms with Crippen LogP contribution in [0.5, 0.6) is 0 Å². The molecule has 0 aromatic carbocycles. The van der Waals surface area contributed by atoms with Crippen LogP contribution in [0.3, 0.4) is 0 Å². The topological polar surface area (TPSA) is 126 Å². The van der Waals surface area contributed by atoms with Crippen molar-refractivity contribution < 1.29 is 40.2 Å². The van der Waals surface area contributed by atoms with Gasteiger partial charge in [0.25, 0.3) is 0 Å². The summed E-state index contributed by atoms with van der Waals surface area (Å²) in [6.07, 6.45) is 2.68. The van der Waals surface area contributed by atoms with Crippen molar-refractivity contribution in [3.63, 3.8) is 0 Å². The van der Waals surface area contributed by atoms with Crippen molar-refractivity contribution in [2.24, 2.45) is 0 Å². The van der Waals surface area contributed by atoms with E-state index in [0.29, 0.717) is 31.9 Å². The lowest BCUT2D eigenvalue weighted by Crippen LogP contribution is -2.43. The van der Waals surface area contributed by atoms with Crippen LogP contribution in [0.4, 0.5) is 0 Å². The fourth-order valence-corrected chi connectivity index (χ4v) is 4.18. The smallest absolute Gasteiger partial charge is 0.460 e. The van der Waals surface area contributed by atoms with Crippen molar-refractivity contribution in [3.05, 3.63) is 12.3 Å². The fourth-order valence-electron chi connectivity index (χ4n) is 2.03. The maximum Gasteiger partial charge on any atom is 0.500 e. The lowest BCUT2D eigenvalue weighted by Gasteiger charge is -2.24. The molecule has 10 nitrogen and oxygen atoms in total. The highest BCUT2D eigenvalue weighted by molar-refractivity contribution is 7.86. The van der Waals surface area contributed by atoms with Gasteiger partial charge in [0, 0.05) is 40.3 Å². The molecule has 0 aliphatic heterocycles. The van der Waals surface area contributed by atoms with E-state index < -0.39 is 30.7 Å². The Morgan fingerprint density at radius 3 is 2.15 bits per heavy atom. The molecule has 0 aromatic rings. The fraction of sp³-hybridized carbons (Fsp3) is 0.733. The van der Waals surface area contributed by atoms with Crippen LogP contribution < -0.4 is 5.32 Å². The molecule has 0 saturated carbocycles. The summed E-state index contributed by atoms with van der Waals surface area (Å²) >= 11 is 0. The lowest BCUT2D eigenvalue weighted by molar-refractivity contribution is -0.141. The number of carbonyl (C=O) groups excluding carboxylic acids is 2. The predicted molar refractivity (Wildman–Crippen MR) is 99.1 cm³/mol. The minimum absolute atomic E-state index is 0.0297. The van der Waals surface area contributed by atoms with E-state index in [-0.39, 0.29) is 18.9 Å². The van der Waals surface area contributed by atoms with E-state index in [4.69, 9.17) is 18.0 Å². The largest absolute Gasteiger partial charge is 0.500 e. The predicted octanol–water partition coefficient (Wildman–Crippen LogP) is 0.574. The third-order valence-corrected chi connectivity index (χ3v) is 6.76. The van der Waals surface area contributed by atoms with Gasteiger partial charge in [0.2, 0.25) is 11.7 Å². The number of amides is 1. The number of rotatable bonds is 15. The first kappa shape index (κ1) is 25.5. The van der Waals surface area contributed by atoms with E-state index in [1.807, 2.05) is 0 Å². The van der Waals surface area contributed by atoms with Gasteiger partial charge in [0.05, 0.1) is 12.9 Å². The van der Waals surface area contributed by atoms with E-state index in [1.165, 1.54) is 21.3 Å². The Hall–Kier alpha value is -1.47. The number of ether oxygens (including phenoxy) is 1. The van der Waals surface area contributed by atoms with Crippen molar-refractivity contribution in [3.8, 4) is 0 Å². The molecule has 0 spiro atoms. The number of hydrogen-bond donors (Lipinski definition) is 1. The molecular formula is C15H29NO9SSi. The molecule has 0 fully saturated rings. The number of carbonyl (C=O) groups is 2. The minimum atomic E-state index is -3.82. The summed E-state index contributed by atoms with van der Waals surface area (Å²) in [5.41, 5.74) is 0. The van der Waals surface area contributed by atoms with E-state index in [0.717, 1.165) is 6.26 Å². The van der Waals surface area contributed by atoms with Gasteiger partial charge in [0.1, 0.15) is 0 Å². The van der Waals surface area contributed by atoms with Crippen LogP contribution >= 0.6 is 0 Å². The first-order chi connectivity index (χ1) is 12.6. The molecule has 0 bridgehead atoms. The summed E-state index contributed by atoms with van der Waals surface area (Å²) in [5, 5.41) is 2.78. The number of hydrogen-bond acceptors (Lipinski definition) is 9. The van der Waals surface area contributed by atoms with Gasteiger partial charge in [-0.1, -0.05) is 0 Å². The first-order valence-corrected chi connectivity index (χ1v) is 12.0. The summed E-state index contributed by atoms with van der Waals surface area (Å²) in [4.78, 5) is 23.2. The quantitative estimate of drug-likeness (QED) is 0.0996. The highest BCUT2D eigenvalue weighted by Gasteiger charge is 2.36. The summed E-state index contributed by atoms with van der Waals surface area (Å²) in [7, 11) is -1.83. The van der Waals surface area contributed by atoms with Crippen LogP contribution in [0.25, 0.3) is 0 Å². The van der Waals surface area contributed by atoms with Gasteiger partial charge in [-0.25, -0.2) is 4.79 Å². The van der Waals surface area contributed by atoms with E-state index in [2.05, 4.69) is 16.1 Å². The molecule has 158 valence electrons. The minimum Gasteiger partial charge on any atom is -0.460 e. The van der Waals surface area contributed by atoms with Crippen molar-refractivity contribution in [2.45, 2.75) is 31.7 Å². The van der Waals surface area contributed by atoms with Gasteiger partial charge < -0.3 is 27.5 Å². The molecule has 1 N–H and O–H groups in total. The Balaban J connectivity index is 3.84. The van der Waals surface area contributed by atoms with Gasteiger partial charge in [-0.05, 0) is 25.8 Å². The third kappa shape index (κ3) is 11.8. The Morgan fingerprint density at radius 1 is 1.04 bits per heavy atom. The second-order valence-corrected chi connectivity index (χ2v) is 10.2. The van der Waals surface area contributed by atoms with Crippen molar-refractivity contribution in [1.82, 2.24) is 5.32 Å². The number of unbranched alkanes of at least 4 members (excludes halogenated alkanes) is 1. The van der Waals surface area contributed by atoms with Crippen molar-refractivity contribution >= 4 is 30.8 Å². The normalized spacial score (nSPS) is 11.7. The lowest BCUT2D eigenvalue weighted by atomic mass is 10.2. The molecule has 0 atom stereocenters. The molecule has 12 heteroatoms. The zero-order valence-electron chi connectivity index (χ0n) is 16.2. The summed E-state index contributed by atoms with van der Waals surface area (Å²) in [6, 6.07) is 0.589. The van der Waals surface area contributed by atoms with Gasteiger partial charge >= 0.3 is 24.9 Å². The summed E-state index contributed by atoms with van der Waals surface area (Å²) < 4.78 is 46.7. The van der Waals surface area contributed by atoms with Crippen LogP contribution in [0.2, 0.25) is 6.04 Å². The van der Waals surface area contributed by atoms with E-state index >= 15 is 0 Å². The summed E-state index contributed by atoms with van der Waals surface area (Å²) in [5.74, 6) is -1.67. The second-order valence-electron chi connectivity index (χ2n) is 5.55. The first-order valence-electron chi connectivity index (χ1n) is 8.26. The maximum absolute atomic E-state index is 11.7. The zero-order chi connectivity index (χ0) is 20.9. The molecule has 27 heavy (non-hydrogen) atoms. The standard InChI is InChI=1S/C15H29NO9SSi/c1-13(25-26(5,19)20)15(18)24-11-7-6-9-14(17)16-10-8-12-27(21-2,22-3)23-4/h1,6-12H2,2-5H3,(H,16,17). The molecule has 0 heterocycles. The Bertz CT molecular complexity index is 582. The van der Waals surface area contributed by atoms with Gasteiger partial charge in [-0.2, -0.15) is 8.42 Å². The van der Waals surface area contributed by atoms with E-state index in [1.54, 1.807) is 0 Å². The van der Waals surface area contributed by atoms with Crippen LogP contribution in [0, 0.1) is 0 Å². The third-order valence-electron chi connectivity index (χ3n) is 3.43. The molecule has 0 aliphatic rings. The second kappa shape index (κ2) is 12.8. The molecular weight excluding hydrogens is 398 g/mol. The van der Waals surface area contributed by atoms with Gasteiger partial charge in [0.15, 0.2) is 0 Å². The van der Waals surface area contributed by atoms with Crippen molar-refractivity contribution in [2.75, 3.05) is 40.7 Å². The average molecular weight is 428 g/mol. The Morgan fingerprint density at radius 2 is 1.63 bits per heavy atom. The highest BCUT2D eigenvalue weighted by Crippen LogP contribution is 2.14.